The normalized spacial score (nSPS) is 10.4. The summed E-state index contributed by atoms with van der Waals surface area (Å²) in [4.78, 5) is 14.1. The highest BCUT2D eigenvalue weighted by atomic mass is 16.6. The molecule has 0 N–H and O–H groups in total. The van der Waals surface area contributed by atoms with Crippen molar-refractivity contribution in [1.82, 2.24) is 4.98 Å². The van der Waals surface area contributed by atoms with E-state index in [0.29, 0.717) is 0 Å². The predicted octanol–water partition coefficient (Wildman–Crippen LogP) is 2.45. The van der Waals surface area contributed by atoms with E-state index in [1.165, 1.54) is 12.3 Å². The van der Waals surface area contributed by atoms with Gasteiger partial charge in [-0.1, -0.05) is 18.2 Å². The van der Waals surface area contributed by atoms with Gasteiger partial charge in [0.05, 0.1) is 10.4 Å². The Bertz CT molecular complexity index is 508. The van der Waals surface area contributed by atoms with Crippen molar-refractivity contribution in [3.63, 3.8) is 0 Å². The molecule has 0 unspecified atom stereocenters. The standard InChI is InChI=1S/C10H8N2O2/c1-7-3-2-4-8-5-9(12(13)14)6-11-10(7)8/h2-6H,1H3. The number of benzene rings is 1. The highest BCUT2D eigenvalue weighted by Crippen LogP contribution is 2.20. The third-order valence-corrected chi connectivity index (χ3v) is 2.11. The molecule has 70 valence electrons. The van der Waals surface area contributed by atoms with Crippen LogP contribution < -0.4 is 0 Å². The van der Waals surface area contributed by atoms with E-state index >= 15 is 0 Å². The van der Waals surface area contributed by atoms with E-state index in [4.69, 9.17) is 0 Å². The fourth-order valence-electron chi connectivity index (χ4n) is 1.40. The molecule has 4 nitrogen and oxygen atoms in total. The van der Waals surface area contributed by atoms with Gasteiger partial charge in [0, 0.05) is 11.5 Å². The molecule has 0 fully saturated rings. The molecule has 0 aliphatic rings. The Kier molecular flexibility index (Phi) is 1.89. The van der Waals surface area contributed by atoms with Gasteiger partial charge in [0.15, 0.2) is 0 Å². The van der Waals surface area contributed by atoms with Gasteiger partial charge < -0.3 is 0 Å². The number of aryl methyl sites for hydroxylation is 1. The van der Waals surface area contributed by atoms with Crippen molar-refractivity contribution in [2.24, 2.45) is 0 Å². The number of hydrogen-bond donors (Lipinski definition) is 0. The lowest BCUT2D eigenvalue weighted by atomic mass is 10.1. The average Bonchev–Trinajstić information content (AvgIpc) is 2.17. The molecule has 2 aromatic rings. The van der Waals surface area contributed by atoms with Crippen LogP contribution in [-0.4, -0.2) is 9.91 Å². The molecule has 1 aromatic heterocycles. The van der Waals surface area contributed by atoms with Gasteiger partial charge in [-0.3, -0.25) is 10.1 Å². The lowest BCUT2D eigenvalue weighted by Crippen LogP contribution is -1.90. The first kappa shape index (κ1) is 8.62. The molecule has 0 aliphatic heterocycles. The molecule has 1 heterocycles. The van der Waals surface area contributed by atoms with Gasteiger partial charge in [0.25, 0.3) is 5.69 Å². The summed E-state index contributed by atoms with van der Waals surface area (Å²) in [6.07, 6.45) is 1.29. The van der Waals surface area contributed by atoms with Gasteiger partial charge >= 0.3 is 0 Å². The number of hydrogen-bond acceptors (Lipinski definition) is 3. The summed E-state index contributed by atoms with van der Waals surface area (Å²) in [5.74, 6) is 0. The monoisotopic (exact) mass is 188 g/mol. The number of nitro groups is 1. The topological polar surface area (TPSA) is 56.0 Å². The number of nitrogens with zero attached hydrogens (tertiary/aromatic N) is 2. The number of para-hydroxylation sites is 1. The molecule has 0 aliphatic carbocycles. The lowest BCUT2D eigenvalue weighted by Gasteiger charge is -1.99. The number of rotatable bonds is 1. The van der Waals surface area contributed by atoms with Gasteiger partial charge in [-0.25, -0.2) is 4.98 Å². The maximum atomic E-state index is 10.5. The van der Waals surface area contributed by atoms with Crippen molar-refractivity contribution in [3.8, 4) is 0 Å². The SMILES string of the molecule is Cc1cccc2cc([N+](=O)[O-])cnc12. The van der Waals surface area contributed by atoms with Crippen LogP contribution >= 0.6 is 0 Å². The zero-order valence-electron chi connectivity index (χ0n) is 7.60. The maximum absolute atomic E-state index is 10.5. The first-order valence-electron chi connectivity index (χ1n) is 4.18. The molecule has 0 spiro atoms. The summed E-state index contributed by atoms with van der Waals surface area (Å²) >= 11 is 0. The second-order valence-corrected chi connectivity index (χ2v) is 3.10. The Morgan fingerprint density at radius 3 is 2.93 bits per heavy atom. The first-order chi connectivity index (χ1) is 6.68. The number of pyridine rings is 1. The Balaban J connectivity index is 2.73. The largest absolute Gasteiger partial charge is 0.288 e. The van der Waals surface area contributed by atoms with Gasteiger partial charge in [0.2, 0.25) is 0 Å². The van der Waals surface area contributed by atoms with Crippen LogP contribution in [0.15, 0.2) is 30.5 Å². The molecule has 0 saturated heterocycles. The summed E-state index contributed by atoms with van der Waals surface area (Å²) < 4.78 is 0. The zero-order chi connectivity index (χ0) is 10.1. The first-order valence-corrected chi connectivity index (χ1v) is 4.18. The summed E-state index contributed by atoms with van der Waals surface area (Å²) in [7, 11) is 0. The fraction of sp³-hybridized carbons (Fsp3) is 0.100. The third kappa shape index (κ3) is 1.31. The van der Waals surface area contributed by atoms with E-state index in [1.807, 2.05) is 25.1 Å². The molecule has 0 saturated carbocycles. The van der Waals surface area contributed by atoms with E-state index in [0.717, 1.165) is 16.5 Å². The lowest BCUT2D eigenvalue weighted by molar-refractivity contribution is -0.385. The van der Waals surface area contributed by atoms with E-state index in [9.17, 15) is 10.1 Å². The summed E-state index contributed by atoms with van der Waals surface area (Å²) in [6, 6.07) is 7.15. The van der Waals surface area contributed by atoms with Crippen molar-refractivity contribution in [3.05, 3.63) is 46.1 Å². The fourth-order valence-corrected chi connectivity index (χ4v) is 1.40. The molecule has 1 aromatic carbocycles. The minimum absolute atomic E-state index is 0.0306. The molecule has 0 bridgehead atoms. The van der Waals surface area contributed by atoms with Gasteiger partial charge in [-0.15, -0.1) is 0 Å². The molecule has 0 atom stereocenters. The van der Waals surface area contributed by atoms with Crippen LogP contribution in [0.4, 0.5) is 5.69 Å². The molecule has 4 heteroatoms. The van der Waals surface area contributed by atoms with Crippen LogP contribution in [0.5, 0.6) is 0 Å². The minimum Gasteiger partial charge on any atom is -0.258 e. The third-order valence-electron chi connectivity index (χ3n) is 2.11. The summed E-state index contributed by atoms with van der Waals surface area (Å²) in [5.41, 5.74) is 1.87. The summed E-state index contributed by atoms with van der Waals surface area (Å²) in [6.45, 7) is 1.93. The van der Waals surface area contributed by atoms with Gasteiger partial charge in [0.1, 0.15) is 6.20 Å². The van der Waals surface area contributed by atoms with Gasteiger partial charge in [-0.05, 0) is 12.5 Å². The van der Waals surface area contributed by atoms with E-state index in [1.54, 1.807) is 0 Å². The van der Waals surface area contributed by atoms with E-state index in [-0.39, 0.29) is 5.69 Å². The molecular formula is C10H8N2O2. The van der Waals surface area contributed by atoms with Crippen LogP contribution in [-0.2, 0) is 0 Å². The Morgan fingerprint density at radius 1 is 1.43 bits per heavy atom. The molecule has 14 heavy (non-hydrogen) atoms. The van der Waals surface area contributed by atoms with Crippen molar-refractivity contribution < 1.29 is 4.92 Å². The smallest absolute Gasteiger partial charge is 0.258 e. The van der Waals surface area contributed by atoms with Crippen LogP contribution in [0.2, 0.25) is 0 Å². The van der Waals surface area contributed by atoms with Crippen LogP contribution in [0, 0.1) is 17.0 Å². The van der Waals surface area contributed by atoms with Crippen molar-refractivity contribution in [2.45, 2.75) is 6.92 Å². The molecule has 0 amide bonds. The van der Waals surface area contributed by atoms with Crippen LogP contribution in [0.25, 0.3) is 10.9 Å². The van der Waals surface area contributed by atoms with Crippen LogP contribution in [0.3, 0.4) is 0 Å². The Hall–Kier alpha value is -1.97. The van der Waals surface area contributed by atoms with Crippen molar-refractivity contribution >= 4 is 16.6 Å². The second kappa shape index (κ2) is 3.06. The molecular weight excluding hydrogens is 180 g/mol. The van der Waals surface area contributed by atoms with Crippen molar-refractivity contribution in [1.29, 1.82) is 0 Å². The quantitative estimate of drug-likeness (QED) is 0.510. The molecule has 2 rings (SSSR count). The second-order valence-electron chi connectivity index (χ2n) is 3.10. The van der Waals surface area contributed by atoms with Gasteiger partial charge in [-0.2, -0.15) is 0 Å². The zero-order valence-corrected chi connectivity index (χ0v) is 7.60. The molecule has 0 radical (unpaired) electrons. The number of fused-ring (bicyclic) bond motifs is 1. The Morgan fingerprint density at radius 2 is 2.21 bits per heavy atom. The Labute approximate surface area is 80.4 Å². The van der Waals surface area contributed by atoms with E-state index < -0.39 is 4.92 Å². The predicted molar refractivity (Wildman–Crippen MR) is 53.1 cm³/mol. The average molecular weight is 188 g/mol. The highest BCUT2D eigenvalue weighted by molar-refractivity contribution is 5.83. The number of aromatic nitrogens is 1. The van der Waals surface area contributed by atoms with Crippen molar-refractivity contribution in [2.75, 3.05) is 0 Å². The maximum Gasteiger partial charge on any atom is 0.288 e. The summed E-state index contributed by atoms with van der Waals surface area (Å²) in [5, 5.41) is 11.3. The van der Waals surface area contributed by atoms with E-state index in [2.05, 4.69) is 4.98 Å². The minimum atomic E-state index is -0.436. The highest BCUT2D eigenvalue weighted by Gasteiger charge is 2.07. The van der Waals surface area contributed by atoms with Crippen LogP contribution in [0.1, 0.15) is 5.56 Å².